The van der Waals surface area contributed by atoms with Gasteiger partial charge < -0.3 is 15.5 Å². The Hall–Kier alpha value is -1.55. The average Bonchev–Trinajstić information content (AvgIpc) is 3.09. The Kier molecular flexibility index (Phi) is 5.01. The predicted octanol–water partition coefficient (Wildman–Crippen LogP) is 1.82. The smallest absolute Gasteiger partial charge is 0.191 e. The van der Waals surface area contributed by atoms with Gasteiger partial charge in [0.05, 0.1) is 0 Å². The molecule has 1 aromatic carbocycles. The van der Waals surface area contributed by atoms with Gasteiger partial charge in [-0.25, -0.2) is 0 Å². The van der Waals surface area contributed by atoms with Crippen LogP contribution in [0.3, 0.4) is 0 Å². The Morgan fingerprint density at radius 3 is 2.65 bits per heavy atom. The van der Waals surface area contributed by atoms with Gasteiger partial charge in [-0.3, -0.25) is 4.99 Å². The van der Waals surface area contributed by atoms with E-state index < -0.39 is 0 Å². The van der Waals surface area contributed by atoms with Gasteiger partial charge in [0.15, 0.2) is 5.96 Å². The van der Waals surface area contributed by atoms with Gasteiger partial charge in [-0.05, 0) is 37.6 Å². The summed E-state index contributed by atoms with van der Waals surface area (Å²) in [4.78, 5) is 6.46. The van der Waals surface area contributed by atoms with Crippen LogP contribution in [-0.2, 0) is 13.1 Å². The lowest BCUT2D eigenvalue weighted by molar-refractivity contribution is 0.402. The molecule has 4 heteroatoms. The van der Waals surface area contributed by atoms with Crippen LogP contribution >= 0.6 is 0 Å². The molecule has 0 spiro atoms. The minimum atomic E-state index is 0.598. The number of guanidine groups is 1. The first-order valence-electron chi connectivity index (χ1n) is 7.28. The second-order valence-electron chi connectivity index (χ2n) is 5.95. The van der Waals surface area contributed by atoms with Gasteiger partial charge in [0, 0.05) is 26.2 Å². The molecule has 1 aliphatic carbocycles. The van der Waals surface area contributed by atoms with Crippen LogP contribution in [0.2, 0.25) is 0 Å². The number of hydrogen-bond acceptors (Lipinski definition) is 2. The highest BCUT2D eigenvalue weighted by Crippen LogP contribution is 2.28. The summed E-state index contributed by atoms with van der Waals surface area (Å²) in [5.74, 6) is 1.68. The van der Waals surface area contributed by atoms with Gasteiger partial charge in [-0.1, -0.05) is 31.2 Å². The number of aliphatic imine (C=N–C) groups is 1. The first kappa shape index (κ1) is 14.9. The summed E-state index contributed by atoms with van der Waals surface area (Å²) in [6, 6.07) is 9.29. The Morgan fingerprint density at radius 1 is 1.35 bits per heavy atom. The number of nitrogens with one attached hydrogen (secondary N) is 2. The topological polar surface area (TPSA) is 39.7 Å². The second kappa shape index (κ2) is 6.75. The summed E-state index contributed by atoms with van der Waals surface area (Å²) >= 11 is 0. The molecule has 0 amide bonds. The van der Waals surface area contributed by atoms with E-state index in [1.165, 1.54) is 17.5 Å². The fraction of sp³-hybridized carbons (Fsp3) is 0.562. The average molecular weight is 274 g/mol. The van der Waals surface area contributed by atoms with E-state index >= 15 is 0 Å². The zero-order valence-electron chi connectivity index (χ0n) is 13.0. The summed E-state index contributed by atoms with van der Waals surface area (Å²) in [5, 5.41) is 6.82. The molecule has 0 aliphatic heterocycles. The maximum atomic E-state index is 4.27. The number of nitrogens with zero attached hydrogens (tertiary/aromatic N) is 2. The van der Waals surface area contributed by atoms with Crippen molar-refractivity contribution in [2.75, 3.05) is 21.1 Å². The largest absolute Gasteiger partial charge is 0.353 e. The van der Waals surface area contributed by atoms with Gasteiger partial charge in [0.25, 0.3) is 0 Å². The van der Waals surface area contributed by atoms with Crippen LogP contribution in [0.25, 0.3) is 0 Å². The first-order valence-corrected chi connectivity index (χ1v) is 7.28. The molecular formula is C16H26N4. The lowest BCUT2D eigenvalue weighted by Gasteiger charge is -2.13. The van der Waals surface area contributed by atoms with E-state index in [4.69, 9.17) is 0 Å². The molecule has 1 aromatic rings. The first-order chi connectivity index (χ1) is 9.58. The van der Waals surface area contributed by atoms with Gasteiger partial charge in [-0.2, -0.15) is 0 Å². The van der Waals surface area contributed by atoms with Gasteiger partial charge in [0.1, 0.15) is 0 Å². The molecule has 4 nitrogen and oxygen atoms in total. The van der Waals surface area contributed by atoms with Gasteiger partial charge >= 0.3 is 0 Å². The SMILES string of the molecule is CN=C(NCc1cccc(CN(C)C)c1)NC1CC1C. The Morgan fingerprint density at radius 2 is 2.05 bits per heavy atom. The zero-order chi connectivity index (χ0) is 14.5. The Balaban J connectivity index is 1.86. The van der Waals surface area contributed by atoms with Crippen LogP contribution in [0.5, 0.6) is 0 Å². The van der Waals surface area contributed by atoms with Gasteiger partial charge in [0.2, 0.25) is 0 Å². The molecule has 0 aromatic heterocycles. The maximum Gasteiger partial charge on any atom is 0.191 e. The summed E-state index contributed by atoms with van der Waals surface area (Å²) in [5.41, 5.74) is 2.63. The van der Waals surface area contributed by atoms with Crippen LogP contribution in [-0.4, -0.2) is 38.0 Å². The lowest BCUT2D eigenvalue weighted by atomic mass is 10.1. The Bertz CT molecular complexity index is 467. The molecule has 1 aliphatic rings. The molecule has 2 unspecified atom stereocenters. The van der Waals surface area contributed by atoms with E-state index in [9.17, 15) is 0 Å². The summed E-state index contributed by atoms with van der Waals surface area (Å²) in [6.07, 6.45) is 1.25. The normalized spacial score (nSPS) is 21.9. The zero-order valence-corrected chi connectivity index (χ0v) is 13.0. The molecule has 110 valence electrons. The predicted molar refractivity (Wildman–Crippen MR) is 84.7 cm³/mol. The van der Waals surface area contributed by atoms with E-state index in [2.05, 4.69) is 65.8 Å². The van der Waals surface area contributed by atoms with E-state index in [-0.39, 0.29) is 0 Å². The van der Waals surface area contributed by atoms with Gasteiger partial charge in [-0.15, -0.1) is 0 Å². The van der Waals surface area contributed by atoms with Crippen molar-refractivity contribution in [3.05, 3.63) is 35.4 Å². The van der Waals surface area contributed by atoms with E-state index in [0.29, 0.717) is 6.04 Å². The van der Waals surface area contributed by atoms with Crippen molar-refractivity contribution >= 4 is 5.96 Å². The van der Waals surface area contributed by atoms with E-state index in [1.54, 1.807) is 0 Å². The molecule has 1 saturated carbocycles. The third-order valence-electron chi connectivity index (χ3n) is 3.61. The molecule has 2 N–H and O–H groups in total. The fourth-order valence-electron chi connectivity index (χ4n) is 2.28. The van der Waals surface area contributed by atoms with Crippen molar-refractivity contribution in [1.82, 2.24) is 15.5 Å². The minimum absolute atomic E-state index is 0.598. The van der Waals surface area contributed by atoms with Crippen molar-refractivity contribution in [3.63, 3.8) is 0 Å². The van der Waals surface area contributed by atoms with E-state index in [1.807, 2.05) is 7.05 Å². The van der Waals surface area contributed by atoms with Crippen LogP contribution in [0.1, 0.15) is 24.5 Å². The third-order valence-corrected chi connectivity index (χ3v) is 3.61. The van der Waals surface area contributed by atoms with Crippen LogP contribution in [0.4, 0.5) is 0 Å². The molecule has 0 saturated heterocycles. The second-order valence-corrected chi connectivity index (χ2v) is 5.95. The molecule has 2 rings (SSSR count). The van der Waals surface area contributed by atoms with Crippen LogP contribution in [0.15, 0.2) is 29.3 Å². The number of hydrogen-bond donors (Lipinski definition) is 2. The lowest BCUT2D eigenvalue weighted by Crippen LogP contribution is -2.38. The van der Waals surface area contributed by atoms with Crippen molar-refractivity contribution < 1.29 is 0 Å². The number of benzene rings is 1. The van der Waals surface area contributed by atoms with Crippen molar-refractivity contribution in [3.8, 4) is 0 Å². The highest BCUT2D eigenvalue weighted by atomic mass is 15.2. The van der Waals surface area contributed by atoms with Crippen molar-refractivity contribution in [1.29, 1.82) is 0 Å². The van der Waals surface area contributed by atoms with Crippen LogP contribution < -0.4 is 10.6 Å². The van der Waals surface area contributed by atoms with Crippen molar-refractivity contribution in [2.45, 2.75) is 32.5 Å². The summed E-state index contributed by atoms with van der Waals surface area (Å²) < 4.78 is 0. The molecule has 0 bridgehead atoms. The molecule has 2 atom stereocenters. The third kappa shape index (κ3) is 4.53. The quantitative estimate of drug-likeness (QED) is 0.635. The van der Waals surface area contributed by atoms with Crippen LogP contribution in [0, 0.1) is 5.92 Å². The molecule has 20 heavy (non-hydrogen) atoms. The Labute approximate surface area is 122 Å². The molecule has 0 radical (unpaired) electrons. The molecule has 0 heterocycles. The van der Waals surface area contributed by atoms with E-state index in [0.717, 1.165) is 25.0 Å². The summed E-state index contributed by atoms with van der Waals surface area (Å²) in [7, 11) is 6.01. The highest BCUT2D eigenvalue weighted by molar-refractivity contribution is 5.80. The molecular weight excluding hydrogens is 248 g/mol. The monoisotopic (exact) mass is 274 g/mol. The maximum absolute atomic E-state index is 4.27. The molecule has 1 fully saturated rings. The fourth-order valence-corrected chi connectivity index (χ4v) is 2.28. The number of rotatable bonds is 5. The summed E-state index contributed by atoms with van der Waals surface area (Å²) in [6.45, 7) is 4.04. The van der Waals surface area contributed by atoms with Crippen molar-refractivity contribution in [2.24, 2.45) is 10.9 Å². The standard InChI is InChI=1S/C16H26N4/c1-12-8-15(12)19-16(17-2)18-10-13-6-5-7-14(9-13)11-20(3)4/h5-7,9,12,15H,8,10-11H2,1-4H3,(H2,17,18,19). The highest BCUT2D eigenvalue weighted by Gasteiger charge is 2.33. The minimum Gasteiger partial charge on any atom is -0.353 e.